The summed E-state index contributed by atoms with van der Waals surface area (Å²) in [5.74, 6) is 0.862. The summed E-state index contributed by atoms with van der Waals surface area (Å²) in [5, 5.41) is 3.64. The molecule has 2 aliphatic carbocycles. The number of hydrogen-bond donors (Lipinski definition) is 1. The maximum absolute atomic E-state index is 3.64. The fraction of sp³-hybridized carbons (Fsp3) is 0.867. The van der Waals surface area contributed by atoms with Crippen LogP contribution in [-0.4, -0.2) is 38.6 Å². The highest BCUT2D eigenvalue weighted by Gasteiger charge is 2.24. The van der Waals surface area contributed by atoms with Crippen molar-refractivity contribution in [2.75, 3.05) is 33.7 Å². The lowest BCUT2D eigenvalue weighted by Gasteiger charge is -2.32. The van der Waals surface area contributed by atoms with E-state index in [1.165, 1.54) is 51.5 Å². The minimum atomic E-state index is 0.862. The summed E-state index contributed by atoms with van der Waals surface area (Å²) in [5.41, 5.74) is 3.68. The maximum Gasteiger partial charge on any atom is 0.0101 e. The highest BCUT2D eigenvalue weighted by molar-refractivity contribution is 5.22. The monoisotopic (exact) mass is 236 g/mol. The smallest absolute Gasteiger partial charge is 0.0101 e. The van der Waals surface area contributed by atoms with E-state index in [0.717, 1.165) is 19.0 Å². The number of rotatable bonds is 5. The van der Waals surface area contributed by atoms with Crippen LogP contribution in [0.15, 0.2) is 11.1 Å². The van der Waals surface area contributed by atoms with Crippen molar-refractivity contribution in [1.29, 1.82) is 0 Å². The van der Waals surface area contributed by atoms with Crippen molar-refractivity contribution in [2.24, 2.45) is 5.92 Å². The molecule has 2 nitrogen and oxygen atoms in total. The van der Waals surface area contributed by atoms with Gasteiger partial charge in [0, 0.05) is 19.6 Å². The van der Waals surface area contributed by atoms with Crippen LogP contribution in [0.4, 0.5) is 0 Å². The van der Waals surface area contributed by atoms with E-state index < -0.39 is 0 Å². The molecule has 0 aromatic rings. The Morgan fingerprint density at radius 3 is 2.71 bits per heavy atom. The normalized spacial score (nSPS) is 25.2. The largest absolute Gasteiger partial charge is 0.315 e. The summed E-state index contributed by atoms with van der Waals surface area (Å²) in [6.45, 7) is 3.50. The third kappa shape index (κ3) is 3.82. The predicted molar refractivity (Wildman–Crippen MR) is 74.3 cm³/mol. The molecule has 1 N–H and O–H groups in total. The second kappa shape index (κ2) is 6.55. The van der Waals surface area contributed by atoms with Crippen LogP contribution >= 0.6 is 0 Å². The Labute approximate surface area is 106 Å². The van der Waals surface area contributed by atoms with Crippen molar-refractivity contribution in [3.63, 3.8) is 0 Å². The molecule has 0 aromatic heterocycles. The Bertz CT molecular complexity index is 264. The van der Waals surface area contributed by atoms with Crippen molar-refractivity contribution in [3.05, 3.63) is 11.1 Å². The number of likely N-dealkylation sites (N-methyl/N-ethyl adjacent to an activating group) is 1. The van der Waals surface area contributed by atoms with Crippen LogP contribution in [0.5, 0.6) is 0 Å². The molecule has 2 rings (SSSR count). The van der Waals surface area contributed by atoms with Crippen molar-refractivity contribution >= 4 is 0 Å². The molecule has 0 amide bonds. The molecule has 0 bridgehead atoms. The van der Waals surface area contributed by atoms with Gasteiger partial charge < -0.3 is 10.2 Å². The van der Waals surface area contributed by atoms with Gasteiger partial charge in [0.25, 0.3) is 0 Å². The highest BCUT2D eigenvalue weighted by Crippen LogP contribution is 2.38. The van der Waals surface area contributed by atoms with E-state index in [4.69, 9.17) is 0 Å². The van der Waals surface area contributed by atoms with Crippen LogP contribution in [0.2, 0.25) is 0 Å². The second-order valence-corrected chi connectivity index (χ2v) is 5.93. The van der Waals surface area contributed by atoms with Crippen molar-refractivity contribution in [3.8, 4) is 0 Å². The van der Waals surface area contributed by atoms with E-state index >= 15 is 0 Å². The Morgan fingerprint density at radius 2 is 1.88 bits per heavy atom. The molecule has 0 saturated heterocycles. The molecule has 0 aromatic carbocycles. The van der Waals surface area contributed by atoms with Gasteiger partial charge in [-0.05, 0) is 65.0 Å². The number of nitrogens with zero attached hydrogens (tertiary/aromatic N) is 1. The minimum Gasteiger partial charge on any atom is -0.315 e. The predicted octanol–water partition coefficient (Wildman–Crippen LogP) is 2.81. The first-order valence-corrected chi connectivity index (χ1v) is 7.33. The molecule has 0 saturated carbocycles. The summed E-state index contributed by atoms with van der Waals surface area (Å²) in [6, 6.07) is 0. The standard InChI is InChI=1S/C15H28N2/c1-17(2)11-10-16-12-14-8-5-7-13-6-3-4-9-15(13)14/h14,16H,3-12H2,1-2H3. The van der Waals surface area contributed by atoms with Gasteiger partial charge in [-0.1, -0.05) is 11.1 Å². The van der Waals surface area contributed by atoms with E-state index in [1.54, 1.807) is 0 Å². The average molecular weight is 236 g/mol. The lowest BCUT2D eigenvalue weighted by atomic mass is 9.76. The van der Waals surface area contributed by atoms with Gasteiger partial charge >= 0.3 is 0 Å². The summed E-state index contributed by atoms with van der Waals surface area (Å²) in [7, 11) is 4.29. The average Bonchev–Trinajstić information content (AvgIpc) is 2.34. The van der Waals surface area contributed by atoms with E-state index in [-0.39, 0.29) is 0 Å². The zero-order valence-corrected chi connectivity index (χ0v) is 11.6. The molecule has 17 heavy (non-hydrogen) atoms. The first-order chi connectivity index (χ1) is 8.27. The maximum atomic E-state index is 3.64. The third-order valence-corrected chi connectivity index (χ3v) is 4.28. The lowest BCUT2D eigenvalue weighted by Crippen LogP contribution is -2.32. The summed E-state index contributed by atoms with van der Waals surface area (Å²) >= 11 is 0. The molecular formula is C15H28N2. The lowest BCUT2D eigenvalue weighted by molar-refractivity contribution is 0.377. The van der Waals surface area contributed by atoms with Crippen LogP contribution in [0.3, 0.4) is 0 Å². The molecule has 0 heterocycles. The minimum absolute atomic E-state index is 0.862. The first kappa shape index (κ1) is 13.1. The van der Waals surface area contributed by atoms with Crippen molar-refractivity contribution < 1.29 is 0 Å². The van der Waals surface area contributed by atoms with Crippen molar-refractivity contribution in [1.82, 2.24) is 10.2 Å². The molecular weight excluding hydrogens is 208 g/mol. The molecule has 2 heteroatoms. The van der Waals surface area contributed by atoms with Crippen LogP contribution < -0.4 is 5.32 Å². The molecule has 1 atom stereocenters. The third-order valence-electron chi connectivity index (χ3n) is 4.28. The molecule has 2 aliphatic rings. The highest BCUT2D eigenvalue weighted by atomic mass is 15.1. The fourth-order valence-corrected chi connectivity index (χ4v) is 3.31. The topological polar surface area (TPSA) is 15.3 Å². The van der Waals surface area contributed by atoms with E-state index in [2.05, 4.69) is 24.3 Å². The van der Waals surface area contributed by atoms with E-state index in [0.29, 0.717) is 0 Å². The Kier molecular flexibility index (Phi) is 5.05. The number of allylic oxidation sites excluding steroid dienone is 1. The Morgan fingerprint density at radius 1 is 1.12 bits per heavy atom. The van der Waals surface area contributed by atoms with Gasteiger partial charge in [-0.25, -0.2) is 0 Å². The molecule has 1 unspecified atom stereocenters. The summed E-state index contributed by atoms with van der Waals surface area (Å²) < 4.78 is 0. The van der Waals surface area contributed by atoms with Gasteiger partial charge in [0.05, 0.1) is 0 Å². The second-order valence-electron chi connectivity index (χ2n) is 5.93. The van der Waals surface area contributed by atoms with Crippen molar-refractivity contribution in [2.45, 2.75) is 44.9 Å². The quantitative estimate of drug-likeness (QED) is 0.583. The number of nitrogens with one attached hydrogen (secondary N) is 1. The van der Waals surface area contributed by atoms with E-state index in [9.17, 15) is 0 Å². The number of hydrogen-bond acceptors (Lipinski definition) is 2. The van der Waals surface area contributed by atoms with Gasteiger partial charge in [0.2, 0.25) is 0 Å². The zero-order valence-electron chi connectivity index (χ0n) is 11.6. The fourth-order valence-electron chi connectivity index (χ4n) is 3.31. The summed E-state index contributed by atoms with van der Waals surface area (Å²) in [6.07, 6.45) is 9.95. The van der Waals surface area contributed by atoms with Gasteiger partial charge in [-0.3, -0.25) is 0 Å². The first-order valence-electron chi connectivity index (χ1n) is 7.33. The Hall–Kier alpha value is -0.340. The van der Waals surface area contributed by atoms with Crippen LogP contribution in [-0.2, 0) is 0 Å². The van der Waals surface area contributed by atoms with E-state index in [1.807, 2.05) is 11.1 Å². The zero-order chi connectivity index (χ0) is 12.1. The van der Waals surface area contributed by atoms with Gasteiger partial charge in [-0.15, -0.1) is 0 Å². The van der Waals surface area contributed by atoms with Crippen LogP contribution in [0.1, 0.15) is 44.9 Å². The Balaban J connectivity index is 1.79. The summed E-state index contributed by atoms with van der Waals surface area (Å²) in [4.78, 5) is 2.25. The van der Waals surface area contributed by atoms with Gasteiger partial charge in [0.15, 0.2) is 0 Å². The molecule has 0 aliphatic heterocycles. The molecule has 98 valence electrons. The van der Waals surface area contributed by atoms with Crippen LogP contribution in [0.25, 0.3) is 0 Å². The van der Waals surface area contributed by atoms with Crippen LogP contribution in [0, 0.1) is 5.92 Å². The molecule has 0 fully saturated rings. The SMILES string of the molecule is CN(C)CCNCC1CCCC2=C1CCCC2. The molecule has 0 spiro atoms. The van der Waals surface area contributed by atoms with Gasteiger partial charge in [0.1, 0.15) is 0 Å². The van der Waals surface area contributed by atoms with Gasteiger partial charge in [-0.2, -0.15) is 0 Å². The molecule has 0 radical (unpaired) electrons.